The Morgan fingerprint density at radius 2 is 1.82 bits per heavy atom. The number of nitrogens with one attached hydrogen (secondary N) is 3. The molecule has 0 aromatic rings. The van der Waals surface area contributed by atoms with Crippen molar-refractivity contribution in [2.75, 3.05) is 7.05 Å². The average molecular weight is 241 g/mol. The minimum atomic E-state index is -0.407. The van der Waals surface area contributed by atoms with Crippen LogP contribution in [0.15, 0.2) is 0 Å². The first-order valence-electron chi connectivity index (χ1n) is 6.68. The van der Waals surface area contributed by atoms with Gasteiger partial charge in [0.25, 0.3) is 0 Å². The second-order valence-corrected chi connectivity index (χ2v) is 6.97. The third-order valence-electron chi connectivity index (χ3n) is 4.92. The van der Waals surface area contributed by atoms with Crippen molar-refractivity contribution in [2.24, 2.45) is 17.3 Å². The van der Waals surface area contributed by atoms with Crippen molar-refractivity contribution >= 4 is 0 Å². The van der Waals surface area contributed by atoms with Gasteiger partial charge in [0.1, 0.15) is 12.6 Å². The highest BCUT2D eigenvalue weighted by molar-refractivity contribution is 5.07. The molecule has 0 aromatic heterocycles. The Morgan fingerprint density at radius 1 is 1.24 bits per heavy atom. The van der Waals surface area contributed by atoms with Crippen LogP contribution in [0.25, 0.3) is 5.84 Å². The number of quaternary nitrogens is 2. The maximum absolute atomic E-state index is 11.7. The third kappa shape index (κ3) is 2.00. The van der Waals surface area contributed by atoms with Gasteiger partial charge in [-0.15, -0.1) is 4.84 Å². The maximum Gasteiger partial charge on any atom is 0.135 e. The summed E-state index contributed by atoms with van der Waals surface area (Å²) in [7, 11) is 1.52. The van der Waals surface area contributed by atoms with E-state index < -0.39 is 5.34 Å². The van der Waals surface area contributed by atoms with Crippen molar-refractivity contribution in [1.82, 2.24) is 0 Å². The Labute approximate surface area is 102 Å². The molecule has 4 unspecified atom stereocenters. The molecule has 0 saturated heterocycles. The number of rotatable bonds is 3. The third-order valence-corrected chi connectivity index (χ3v) is 4.92. The minimum Gasteiger partial charge on any atom is -0.550 e. The van der Waals surface area contributed by atoms with E-state index in [1.165, 1.54) is 26.3 Å². The van der Waals surface area contributed by atoms with Crippen molar-refractivity contribution < 1.29 is 15.3 Å². The van der Waals surface area contributed by atoms with Crippen LogP contribution in [0, 0.1) is 22.5 Å². The Hall–Kier alpha value is -0.200. The van der Waals surface area contributed by atoms with Crippen molar-refractivity contribution in [3.8, 4) is 0 Å². The van der Waals surface area contributed by atoms with Gasteiger partial charge >= 0.3 is 0 Å². The minimum absolute atomic E-state index is 0.0332. The van der Waals surface area contributed by atoms with Crippen LogP contribution in [0.2, 0.25) is 0 Å². The second-order valence-electron chi connectivity index (χ2n) is 6.97. The van der Waals surface area contributed by atoms with E-state index in [-0.39, 0.29) is 10.7 Å². The molecule has 4 saturated carbocycles. The first-order valence-corrected chi connectivity index (χ1v) is 6.68. The number of hydrogen-bond acceptors (Lipinski definition) is 2. The highest BCUT2D eigenvalue weighted by Crippen LogP contribution is 2.62. The lowest BCUT2D eigenvalue weighted by molar-refractivity contribution is -1.54. The summed E-state index contributed by atoms with van der Waals surface area (Å²) >= 11 is 0. The van der Waals surface area contributed by atoms with Crippen molar-refractivity contribution in [2.45, 2.75) is 51.0 Å². The van der Waals surface area contributed by atoms with Crippen LogP contribution < -0.4 is 10.5 Å². The highest BCUT2D eigenvalue weighted by atomic mass is 16.9. The normalized spacial score (nSPS) is 51.5. The predicted octanol–water partition coefficient (Wildman–Crippen LogP) is 0.0565. The lowest BCUT2D eigenvalue weighted by atomic mass is 9.48. The summed E-state index contributed by atoms with van der Waals surface area (Å²) in [4.78, 5) is 5.71. The largest absolute Gasteiger partial charge is 0.550 e. The molecule has 5 heteroatoms. The van der Waals surface area contributed by atoms with Crippen molar-refractivity contribution in [1.29, 1.82) is 0 Å². The zero-order valence-electron chi connectivity index (χ0n) is 10.7. The first-order chi connectivity index (χ1) is 7.90. The molecule has 0 aromatic carbocycles. The van der Waals surface area contributed by atoms with Gasteiger partial charge in [-0.2, -0.15) is 0 Å². The molecule has 0 heterocycles. The van der Waals surface area contributed by atoms with Crippen LogP contribution in [-0.2, 0) is 4.84 Å². The molecule has 4 fully saturated rings. The Balaban J connectivity index is 1.79. The number of hydrogen-bond donors (Lipinski definition) is 2. The van der Waals surface area contributed by atoms with E-state index in [2.05, 4.69) is 6.92 Å². The molecule has 0 aliphatic heterocycles. The van der Waals surface area contributed by atoms with E-state index in [4.69, 9.17) is 10.7 Å². The summed E-state index contributed by atoms with van der Waals surface area (Å²) in [5.74, 6) is 8.88. The van der Waals surface area contributed by atoms with Gasteiger partial charge in [-0.3, -0.25) is 0 Å². The summed E-state index contributed by atoms with van der Waals surface area (Å²) in [6.45, 7) is 2.35. The summed E-state index contributed by atoms with van der Waals surface area (Å²) in [6, 6.07) is 0. The van der Waals surface area contributed by atoms with Gasteiger partial charge in [-0.05, 0) is 55.8 Å². The molecule has 4 aliphatic rings. The molecule has 4 atom stereocenters. The molecular weight excluding hydrogens is 218 g/mol. The molecule has 4 bridgehead atoms. The summed E-state index contributed by atoms with van der Waals surface area (Å²) in [5, 5.41) is 11.3. The zero-order chi connectivity index (χ0) is 12.3. The quantitative estimate of drug-likeness (QED) is 0.686. The fourth-order valence-electron chi connectivity index (χ4n) is 5.02. The van der Waals surface area contributed by atoms with E-state index in [1.54, 1.807) is 0 Å². The van der Waals surface area contributed by atoms with Crippen LogP contribution in [-0.4, -0.2) is 12.6 Å². The Bertz CT molecular complexity index is 307. The predicted molar refractivity (Wildman–Crippen MR) is 62.1 cm³/mol. The average Bonchev–Trinajstić information content (AvgIpc) is 2.11. The van der Waals surface area contributed by atoms with Gasteiger partial charge in [0.15, 0.2) is 0 Å². The second kappa shape index (κ2) is 3.65. The van der Waals surface area contributed by atoms with Crippen molar-refractivity contribution in [3.63, 3.8) is 0 Å². The van der Waals surface area contributed by atoms with Crippen LogP contribution in [0.1, 0.15) is 45.4 Å². The van der Waals surface area contributed by atoms with Gasteiger partial charge < -0.3 is 11.0 Å². The van der Waals surface area contributed by atoms with E-state index >= 15 is 0 Å². The van der Waals surface area contributed by atoms with Gasteiger partial charge in [-0.25, -0.2) is 5.12 Å². The zero-order valence-corrected chi connectivity index (χ0v) is 10.7. The van der Waals surface area contributed by atoms with E-state index in [0.717, 1.165) is 31.1 Å². The molecule has 3 N–H and O–H groups in total. The maximum atomic E-state index is 11.7. The molecule has 4 rings (SSSR count). The van der Waals surface area contributed by atoms with Gasteiger partial charge in [0.2, 0.25) is 0 Å². The van der Waals surface area contributed by atoms with Gasteiger partial charge in [0.05, 0.1) is 0 Å². The van der Waals surface area contributed by atoms with E-state index in [0.29, 0.717) is 5.41 Å². The summed E-state index contributed by atoms with van der Waals surface area (Å²) < 4.78 is 0. The van der Waals surface area contributed by atoms with Crippen LogP contribution in [0.5, 0.6) is 0 Å². The SMILES string of the molecule is C[NH+]([NH-])[NH+]([O-])OC12CC3CC(CC(C)(C3)C1)C2. The van der Waals surface area contributed by atoms with E-state index in [1.807, 2.05) is 0 Å². The fraction of sp³-hybridized carbons (Fsp3) is 1.00. The van der Waals surface area contributed by atoms with Crippen LogP contribution in [0.4, 0.5) is 0 Å². The smallest absolute Gasteiger partial charge is 0.135 e. The fourth-order valence-corrected chi connectivity index (χ4v) is 5.02. The Kier molecular flexibility index (Phi) is 2.55. The lowest BCUT2D eigenvalue weighted by Crippen LogP contribution is -3.53. The molecule has 5 nitrogen and oxygen atoms in total. The summed E-state index contributed by atoms with van der Waals surface area (Å²) in [5.41, 5.74) is 0.165. The Morgan fingerprint density at radius 3 is 2.29 bits per heavy atom. The lowest BCUT2D eigenvalue weighted by Gasteiger charge is -2.59. The van der Waals surface area contributed by atoms with Crippen molar-refractivity contribution in [3.05, 3.63) is 11.0 Å². The topological polar surface area (TPSA) is 65.0 Å². The molecule has 17 heavy (non-hydrogen) atoms. The highest BCUT2D eigenvalue weighted by Gasteiger charge is 2.58. The molecular formula is C12H23N3O2. The molecule has 0 amide bonds. The molecule has 0 spiro atoms. The van der Waals surface area contributed by atoms with Gasteiger partial charge in [-0.1, -0.05) is 12.3 Å². The standard InChI is InChI=1S/C12H23N3O2/c1-11-4-9-3-10(5-11)7-12(6-9,8-11)17-15(16)14(2)13/h9-10,13-15H,3-8H2,1-2H3. The molecule has 4 aliphatic carbocycles. The molecule has 0 radical (unpaired) electrons. The van der Waals surface area contributed by atoms with Gasteiger partial charge in [0, 0.05) is 0 Å². The van der Waals surface area contributed by atoms with Crippen LogP contribution >= 0.6 is 0 Å². The van der Waals surface area contributed by atoms with E-state index in [9.17, 15) is 5.21 Å². The first kappa shape index (κ1) is 11.9. The molecule has 98 valence electrons. The van der Waals surface area contributed by atoms with Crippen LogP contribution in [0.3, 0.4) is 0 Å². The summed E-state index contributed by atoms with van der Waals surface area (Å²) in [6.07, 6.45) is 7.06. The monoisotopic (exact) mass is 241 g/mol.